The van der Waals surface area contributed by atoms with Crippen LogP contribution < -0.4 is 10.5 Å². The Morgan fingerprint density at radius 3 is 2.84 bits per heavy atom. The lowest BCUT2D eigenvalue weighted by Crippen LogP contribution is -2.31. The molecule has 1 fully saturated rings. The van der Waals surface area contributed by atoms with Crippen LogP contribution in [-0.4, -0.2) is 40.0 Å². The van der Waals surface area contributed by atoms with E-state index in [4.69, 9.17) is 5.73 Å². The van der Waals surface area contributed by atoms with Gasteiger partial charge in [0, 0.05) is 17.6 Å². The molecular weight excluding hydrogens is 330 g/mol. The molecule has 7 heteroatoms. The standard InChI is InChI=1S/C12H18BrN3O2S/c1-16-5-4-9(8-16)7-15-19(17,18)12-3-2-10(13)6-11(12)14/h2-3,6,9,15H,4-5,7-8,14H2,1H3. The molecule has 1 saturated heterocycles. The van der Waals surface area contributed by atoms with Crippen molar-refractivity contribution in [3.05, 3.63) is 22.7 Å². The van der Waals surface area contributed by atoms with Crippen molar-refractivity contribution < 1.29 is 8.42 Å². The Hall–Kier alpha value is -0.630. The van der Waals surface area contributed by atoms with Gasteiger partial charge >= 0.3 is 0 Å². The topological polar surface area (TPSA) is 75.4 Å². The molecule has 1 aliphatic heterocycles. The smallest absolute Gasteiger partial charge is 0.242 e. The van der Waals surface area contributed by atoms with Gasteiger partial charge in [-0.2, -0.15) is 0 Å². The third-order valence-corrected chi connectivity index (χ3v) is 5.30. The SMILES string of the molecule is CN1CCC(CNS(=O)(=O)c2ccc(Br)cc2N)C1. The van der Waals surface area contributed by atoms with E-state index in [0.29, 0.717) is 12.5 Å². The van der Waals surface area contributed by atoms with E-state index >= 15 is 0 Å². The Balaban J connectivity index is 2.06. The first-order valence-electron chi connectivity index (χ1n) is 6.12. The molecule has 1 aliphatic rings. The Bertz CT molecular complexity index is 562. The Kier molecular flexibility index (Phi) is 4.50. The van der Waals surface area contributed by atoms with Gasteiger partial charge in [0.05, 0.1) is 5.69 Å². The van der Waals surface area contributed by atoms with Crippen molar-refractivity contribution in [3.63, 3.8) is 0 Å². The molecule has 19 heavy (non-hydrogen) atoms. The van der Waals surface area contributed by atoms with Gasteiger partial charge in [0.25, 0.3) is 0 Å². The average molecular weight is 348 g/mol. The zero-order chi connectivity index (χ0) is 14.0. The van der Waals surface area contributed by atoms with Crippen LogP contribution in [0.3, 0.4) is 0 Å². The summed E-state index contributed by atoms with van der Waals surface area (Å²) in [6.07, 6.45) is 1.02. The van der Waals surface area contributed by atoms with Crippen LogP contribution in [0.25, 0.3) is 0 Å². The Morgan fingerprint density at radius 2 is 2.26 bits per heavy atom. The van der Waals surface area contributed by atoms with Crippen LogP contribution in [0.4, 0.5) is 5.69 Å². The predicted octanol–water partition coefficient (Wildman–Crippen LogP) is 1.26. The van der Waals surface area contributed by atoms with Gasteiger partial charge in [-0.15, -0.1) is 0 Å². The highest BCUT2D eigenvalue weighted by molar-refractivity contribution is 9.10. The van der Waals surface area contributed by atoms with Crippen molar-refractivity contribution in [3.8, 4) is 0 Å². The van der Waals surface area contributed by atoms with Crippen molar-refractivity contribution in [1.82, 2.24) is 9.62 Å². The van der Waals surface area contributed by atoms with Gasteiger partial charge in [0.15, 0.2) is 0 Å². The van der Waals surface area contributed by atoms with Crippen molar-refractivity contribution in [2.45, 2.75) is 11.3 Å². The van der Waals surface area contributed by atoms with Gasteiger partial charge in [-0.05, 0) is 44.1 Å². The lowest BCUT2D eigenvalue weighted by atomic mass is 10.1. The highest BCUT2D eigenvalue weighted by Crippen LogP contribution is 2.23. The summed E-state index contributed by atoms with van der Waals surface area (Å²) in [5.74, 6) is 0.372. The second kappa shape index (κ2) is 5.78. The third-order valence-electron chi connectivity index (χ3n) is 3.31. The quantitative estimate of drug-likeness (QED) is 0.804. The minimum atomic E-state index is -3.53. The third kappa shape index (κ3) is 3.68. The lowest BCUT2D eigenvalue weighted by molar-refractivity contribution is 0.394. The van der Waals surface area contributed by atoms with Gasteiger partial charge in [-0.25, -0.2) is 13.1 Å². The molecule has 0 radical (unpaired) electrons. The molecule has 0 aliphatic carbocycles. The number of nitrogen functional groups attached to an aromatic ring is 1. The second-order valence-electron chi connectivity index (χ2n) is 4.95. The molecule has 1 heterocycles. The Labute approximate surface area is 122 Å². The normalized spacial score (nSPS) is 20.8. The number of nitrogens with zero attached hydrogens (tertiary/aromatic N) is 1. The van der Waals surface area contributed by atoms with E-state index in [-0.39, 0.29) is 10.6 Å². The van der Waals surface area contributed by atoms with Gasteiger partial charge in [-0.3, -0.25) is 0 Å². The molecule has 0 amide bonds. The first kappa shape index (κ1) is 14.8. The van der Waals surface area contributed by atoms with Crippen LogP contribution in [0.2, 0.25) is 0 Å². The molecule has 1 aromatic carbocycles. The largest absolute Gasteiger partial charge is 0.398 e. The van der Waals surface area contributed by atoms with Crippen LogP contribution in [0.1, 0.15) is 6.42 Å². The summed E-state index contributed by atoms with van der Waals surface area (Å²) in [4.78, 5) is 2.34. The Morgan fingerprint density at radius 1 is 1.53 bits per heavy atom. The van der Waals surface area contributed by atoms with E-state index in [2.05, 4.69) is 25.6 Å². The zero-order valence-electron chi connectivity index (χ0n) is 10.8. The van der Waals surface area contributed by atoms with Crippen LogP contribution in [0, 0.1) is 5.92 Å². The summed E-state index contributed by atoms with van der Waals surface area (Å²) in [5.41, 5.74) is 6.01. The van der Waals surface area contributed by atoms with Crippen LogP contribution in [0.15, 0.2) is 27.6 Å². The van der Waals surface area contributed by atoms with E-state index in [0.717, 1.165) is 24.0 Å². The number of hydrogen-bond donors (Lipinski definition) is 2. The first-order chi connectivity index (χ1) is 8.88. The molecule has 1 aromatic rings. The number of likely N-dealkylation sites (tertiary alicyclic amines) is 1. The maximum atomic E-state index is 12.2. The molecule has 0 spiro atoms. The number of halogens is 1. The molecular formula is C12H18BrN3O2S. The molecule has 3 N–H and O–H groups in total. The molecule has 1 atom stereocenters. The highest BCUT2D eigenvalue weighted by atomic mass is 79.9. The number of nitrogens with two attached hydrogens (primary N) is 1. The van der Waals surface area contributed by atoms with Gasteiger partial charge < -0.3 is 10.6 Å². The van der Waals surface area contributed by atoms with Crippen LogP contribution in [-0.2, 0) is 10.0 Å². The van der Waals surface area contributed by atoms with E-state index in [9.17, 15) is 8.42 Å². The van der Waals surface area contributed by atoms with E-state index in [1.165, 1.54) is 6.07 Å². The molecule has 1 unspecified atom stereocenters. The lowest BCUT2D eigenvalue weighted by Gasteiger charge is -2.13. The number of nitrogens with one attached hydrogen (secondary N) is 1. The molecule has 0 aromatic heterocycles. The van der Waals surface area contributed by atoms with Crippen LogP contribution >= 0.6 is 15.9 Å². The van der Waals surface area contributed by atoms with Gasteiger partial charge in [-0.1, -0.05) is 15.9 Å². The minimum Gasteiger partial charge on any atom is -0.398 e. The maximum absolute atomic E-state index is 12.2. The fourth-order valence-electron chi connectivity index (χ4n) is 2.26. The maximum Gasteiger partial charge on any atom is 0.242 e. The summed E-state index contributed by atoms with van der Waals surface area (Å²) in [5, 5.41) is 0. The monoisotopic (exact) mass is 347 g/mol. The molecule has 0 saturated carbocycles. The van der Waals surface area contributed by atoms with Crippen molar-refractivity contribution in [2.24, 2.45) is 5.92 Å². The molecule has 0 bridgehead atoms. The minimum absolute atomic E-state index is 0.141. The summed E-state index contributed by atoms with van der Waals surface area (Å²) in [6, 6.07) is 4.79. The summed E-state index contributed by atoms with van der Waals surface area (Å²) in [7, 11) is -1.48. The number of anilines is 1. The average Bonchev–Trinajstić information content (AvgIpc) is 2.72. The van der Waals surface area contributed by atoms with Gasteiger partial charge in [0.2, 0.25) is 10.0 Å². The van der Waals surface area contributed by atoms with Crippen molar-refractivity contribution in [2.75, 3.05) is 32.4 Å². The van der Waals surface area contributed by atoms with Gasteiger partial charge in [0.1, 0.15) is 4.90 Å². The highest BCUT2D eigenvalue weighted by Gasteiger charge is 2.23. The predicted molar refractivity (Wildman–Crippen MR) is 79.3 cm³/mol. The number of hydrogen-bond acceptors (Lipinski definition) is 4. The van der Waals surface area contributed by atoms with E-state index in [1.807, 2.05) is 7.05 Å². The number of benzene rings is 1. The van der Waals surface area contributed by atoms with Crippen molar-refractivity contribution >= 4 is 31.6 Å². The molecule has 2 rings (SSSR count). The zero-order valence-corrected chi connectivity index (χ0v) is 13.2. The second-order valence-corrected chi connectivity index (χ2v) is 7.60. The number of rotatable bonds is 4. The first-order valence-corrected chi connectivity index (χ1v) is 8.39. The molecule has 106 valence electrons. The summed E-state index contributed by atoms with van der Waals surface area (Å²) >= 11 is 3.26. The summed E-state index contributed by atoms with van der Waals surface area (Å²) < 4.78 is 27.8. The fraction of sp³-hybridized carbons (Fsp3) is 0.500. The van der Waals surface area contributed by atoms with Crippen molar-refractivity contribution in [1.29, 1.82) is 0 Å². The van der Waals surface area contributed by atoms with E-state index < -0.39 is 10.0 Å². The number of sulfonamides is 1. The van der Waals surface area contributed by atoms with E-state index in [1.54, 1.807) is 12.1 Å². The summed E-state index contributed by atoms with van der Waals surface area (Å²) in [6.45, 7) is 2.41. The van der Waals surface area contributed by atoms with Crippen LogP contribution in [0.5, 0.6) is 0 Å². The molecule has 5 nitrogen and oxygen atoms in total. The fourth-order valence-corrected chi connectivity index (χ4v) is 3.87.